The second-order valence-corrected chi connectivity index (χ2v) is 5.03. The molecule has 1 heterocycles. The third-order valence-electron chi connectivity index (χ3n) is 3.22. The Bertz CT molecular complexity index is 494. The molecule has 0 aliphatic heterocycles. The summed E-state index contributed by atoms with van der Waals surface area (Å²) in [5.41, 5.74) is 6.32. The van der Waals surface area contributed by atoms with E-state index in [0.29, 0.717) is 11.4 Å². The lowest BCUT2D eigenvalue weighted by Gasteiger charge is -2.17. The standard InChI is InChI=1S/C14H22N4O2.ClH/c1-5-9(2)12(15)13(19)17-11-8-10(6-7-16-11)14(20)18(3)4;/h6-9,12H,5,15H2,1-4H3,(H,16,17,19);1H. The van der Waals surface area contributed by atoms with Crippen LogP contribution < -0.4 is 11.1 Å². The number of hydrogen-bond donors (Lipinski definition) is 2. The third kappa shape index (κ3) is 5.32. The van der Waals surface area contributed by atoms with Gasteiger partial charge >= 0.3 is 0 Å². The number of anilines is 1. The van der Waals surface area contributed by atoms with Gasteiger partial charge in [0.2, 0.25) is 5.91 Å². The van der Waals surface area contributed by atoms with Gasteiger partial charge in [-0.1, -0.05) is 20.3 Å². The van der Waals surface area contributed by atoms with Crippen molar-refractivity contribution >= 4 is 30.0 Å². The third-order valence-corrected chi connectivity index (χ3v) is 3.22. The molecular weight excluding hydrogens is 292 g/mol. The first-order valence-corrected chi connectivity index (χ1v) is 6.61. The Balaban J connectivity index is 0.00000400. The summed E-state index contributed by atoms with van der Waals surface area (Å²) >= 11 is 0. The zero-order valence-electron chi connectivity index (χ0n) is 12.8. The normalized spacial score (nSPS) is 12.8. The minimum Gasteiger partial charge on any atom is -0.345 e. The van der Waals surface area contributed by atoms with E-state index < -0.39 is 6.04 Å². The molecule has 0 fully saturated rings. The molecule has 0 aliphatic carbocycles. The lowest BCUT2D eigenvalue weighted by Crippen LogP contribution is -2.40. The average molecular weight is 315 g/mol. The van der Waals surface area contributed by atoms with Gasteiger partial charge in [-0.05, 0) is 18.1 Å². The smallest absolute Gasteiger partial charge is 0.253 e. The first-order valence-electron chi connectivity index (χ1n) is 6.61. The van der Waals surface area contributed by atoms with Crippen LogP contribution in [0.5, 0.6) is 0 Å². The SMILES string of the molecule is CCC(C)C(N)C(=O)Nc1cc(C(=O)N(C)C)ccn1.Cl. The van der Waals surface area contributed by atoms with E-state index in [1.54, 1.807) is 26.2 Å². The maximum atomic E-state index is 12.0. The second-order valence-electron chi connectivity index (χ2n) is 5.03. The first kappa shape index (κ1) is 19.3. The van der Waals surface area contributed by atoms with Crippen molar-refractivity contribution in [3.63, 3.8) is 0 Å². The van der Waals surface area contributed by atoms with Crippen molar-refractivity contribution < 1.29 is 9.59 Å². The highest BCUT2D eigenvalue weighted by Crippen LogP contribution is 2.11. The minimum absolute atomic E-state index is 0. The monoisotopic (exact) mass is 314 g/mol. The summed E-state index contributed by atoms with van der Waals surface area (Å²) < 4.78 is 0. The summed E-state index contributed by atoms with van der Waals surface area (Å²) in [7, 11) is 3.33. The molecule has 2 amide bonds. The summed E-state index contributed by atoms with van der Waals surface area (Å²) in [6.07, 6.45) is 2.31. The fourth-order valence-corrected chi connectivity index (χ4v) is 1.61. The molecule has 6 nitrogen and oxygen atoms in total. The van der Waals surface area contributed by atoms with Gasteiger partial charge in [-0.2, -0.15) is 0 Å². The molecule has 1 aromatic rings. The lowest BCUT2D eigenvalue weighted by atomic mass is 9.99. The molecule has 0 bridgehead atoms. The van der Waals surface area contributed by atoms with Crippen LogP contribution in [0.3, 0.4) is 0 Å². The van der Waals surface area contributed by atoms with E-state index in [1.165, 1.54) is 11.1 Å². The fraction of sp³-hybridized carbons (Fsp3) is 0.500. The molecule has 0 radical (unpaired) electrons. The summed E-state index contributed by atoms with van der Waals surface area (Å²) in [4.78, 5) is 29.3. The fourth-order valence-electron chi connectivity index (χ4n) is 1.61. The molecule has 1 aromatic heterocycles. The quantitative estimate of drug-likeness (QED) is 0.862. The largest absolute Gasteiger partial charge is 0.345 e. The Morgan fingerprint density at radius 2 is 2.05 bits per heavy atom. The van der Waals surface area contributed by atoms with Gasteiger partial charge in [-0.3, -0.25) is 9.59 Å². The number of carbonyl (C=O) groups excluding carboxylic acids is 2. The van der Waals surface area contributed by atoms with Crippen LogP contribution in [-0.4, -0.2) is 41.8 Å². The number of nitrogens with zero attached hydrogens (tertiary/aromatic N) is 2. The Labute approximate surface area is 131 Å². The maximum Gasteiger partial charge on any atom is 0.253 e. The predicted octanol–water partition coefficient (Wildman–Crippen LogP) is 1.52. The number of halogens is 1. The van der Waals surface area contributed by atoms with Crippen LogP contribution in [0.1, 0.15) is 30.6 Å². The topological polar surface area (TPSA) is 88.3 Å². The average Bonchev–Trinajstić information content (AvgIpc) is 2.44. The molecule has 2 atom stereocenters. The Morgan fingerprint density at radius 1 is 1.43 bits per heavy atom. The van der Waals surface area contributed by atoms with Crippen LogP contribution in [0.15, 0.2) is 18.3 Å². The minimum atomic E-state index is -0.588. The van der Waals surface area contributed by atoms with Crippen LogP contribution in [0.2, 0.25) is 0 Å². The first-order chi connectivity index (χ1) is 9.36. The van der Waals surface area contributed by atoms with Gasteiger partial charge in [0.05, 0.1) is 6.04 Å². The van der Waals surface area contributed by atoms with Gasteiger partial charge in [-0.25, -0.2) is 4.98 Å². The van der Waals surface area contributed by atoms with Gasteiger partial charge < -0.3 is 16.0 Å². The summed E-state index contributed by atoms with van der Waals surface area (Å²) in [6, 6.07) is 2.56. The number of nitrogens with two attached hydrogens (primary N) is 1. The van der Waals surface area contributed by atoms with Gasteiger partial charge in [0, 0.05) is 25.9 Å². The highest BCUT2D eigenvalue weighted by molar-refractivity contribution is 5.97. The van der Waals surface area contributed by atoms with Crippen molar-refractivity contribution in [1.82, 2.24) is 9.88 Å². The lowest BCUT2D eigenvalue weighted by molar-refractivity contribution is -0.118. The number of hydrogen-bond acceptors (Lipinski definition) is 4. The van der Waals surface area contributed by atoms with Crippen molar-refractivity contribution in [3.8, 4) is 0 Å². The van der Waals surface area contributed by atoms with E-state index in [9.17, 15) is 9.59 Å². The van der Waals surface area contributed by atoms with Crippen LogP contribution in [0, 0.1) is 5.92 Å². The Morgan fingerprint density at radius 3 is 2.57 bits per heavy atom. The van der Waals surface area contributed by atoms with E-state index in [-0.39, 0.29) is 30.1 Å². The van der Waals surface area contributed by atoms with Gasteiger partial charge in [0.15, 0.2) is 0 Å². The molecule has 7 heteroatoms. The van der Waals surface area contributed by atoms with Crippen molar-refractivity contribution in [2.45, 2.75) is 26.3 Å². The highest BCUT2D eigenvalue weighted by Gasteiger charge is 2.20. The molecule has 0 aromatic carbocycles. The molecule has 0 spiro atoms. The van der Waals surface area contributed by atoms with Crippen molar-refractivity contribution in [3.05, 3.63) is 23.9 Å². The molecule has 3 N–H and O–H groups in total. The van der Waals surface area contributed by atoms with Crippen molar-refractivity contribution in [2.24, 2.45) is 11.7 Å². The Hall–Kier alpha value is -1.66. The van der Waals surface area contributed by atoms with E-state index >= 15 is 0 Å². The molecule has 1 rings (SSSR count). The van der Waals surface area contributed by atoms with Gasteiger partial charge in [-0.15, -0.1) is 12.4 Å². The number of rotatable bonds is 5. The molecule has 0 aliphatic rings. The van der Waals surface area contributed by atoms with Crippen LogP contribution >= 0.6 is 12.4 Å². The number of aromatic nitrogens is 1. The van der Waals surface area contributed by atoms with Crippen LogP contribution in [0.25, 0.3) is 0 Å². The molecule has 0 saturated carbocycles. The summed E-state index contributed by atoms with van der Waals surface area (Å²) in [5.74, 6) is -0.0153. The molecule has 2 unspecified atom stereocenters. The number of pyridine rings is 1. The van der Waals surface area contributed by atoms with Crippen molar-refractivity contribution in [2.75, 3.05) is 19.4 Å². The molecular formula is C14H23ClN4O2. The van der Waals surface area contributed by atoms with Crippen LogP contribution in [-0.2, 0) is 4.79 Å². The van der Waals surface area contributed by atoms with E-state index in [4.69, 9.17) is 5.73 Å². The van der Waals surface area contributed by atoms with E-state index in [0.717, 1.165) is 6.42 Å². The number of amides is 2. The van der Waals surface area contributed by atoms with E-state index in [1.807, 2.05) is 13.8 Å². The van der Waals surface area contributed by atoms with E-state index in [2.05, 4.69) is 10.3 Å². The molecule has 21 heavy (non-hydrogen) atoms. The van der Waals surface area contributed by atoms with Gasteiger partial charge in [0.25, 0.3) is 5.91 Å². The van der Waals surface area contributed by atoms with Gasteiger partial charge in [0.1, 0.15) is 5.82 Å². The zero-order valence-corrected chi connectivity index (χ0v) is 13.6. The van der Waals surface area contributed by atoms with Crippen LogP contribution in [0.4, 0.5) is 5.82 Å². The molecule has 0 saturated heterocycles. The van der Waals surface area contributed by atoms with Crippen molar-refractivity contribution in [1.29, 1.82) is 0 Å². The second kappa shape index (κ2) is 8.59. The summed E-state index contributed by atoms with van der Waals surface area (Å²) in [6.45, 7) is 3.90. The predicted molar refractivity (Wildman–Crippen MR) is 85.6 cm³/mol. The molecule has 118 valence electrons. The number of nitrogens with one attached hydrogen (secondary N) is 1. The summed E-state index contributed by atoms with van der Waals surface area (Å²) in [5, 5.41) is 2.65. The maximum absolute atomic E-state index is 12.0. The zero-order chi connectivity index (χ0) is 15.3. The number of carbonyl (C=O) groups is 2. The highest BCUT2D eigenvalue weighted by atomic mass is 35.5. The Kier molecular flexibility index (Phi) is 7.91.